The van der Waals surface area contributed by atoms with Crippen molar-refractivity contribution in [1.29, 1.82) is 0 Å². The van der Waals surface area contributed by atoms with Gasteiger partial charge in [-0.15, -0.1) is 0 Å². The number of sulfonamides is 1. The lowest BCUT2D eigenvalue weighted by molar-refractivity contribution is -0.133. The maximum Gasteiger partial charge on any atom is 0.326 e. The molecule has 2 aliphatic rings. The molecule has 2 heterocycles. The Hall–Kier alpha value is -2.11. The van der Waals surface area contributed by atoms with Crippen LogP contribution >= 0.6 is 0 Å². The van der Waals surface area contributed by atoms with Crippen molar-refractivity contribution in [3.8, 4) is 0 Å². The zero-order valence-corrected chi connectivity index (χ0v) is 18.6. The fraction of sp³-hybridized carbons (Fsp3) is 0.600. The van der Waals surface area contributed by atoms with E-state index in [-0.39, 0.29) is 38.8 Å². The summed E-state index contributed by atoms with van der Waals surface area (Å²) in [6, 6.07) is 2.47. The molecule has 0 unspecified atom stereocenters. The zero-order valence-electron chi connectivity index (χ0n) is 17.7. The lowest BCUT2D eigenvalue weighted by Crippen LogP contribution is -2.53. The Kier molecular flexibility index (Phi) is 6.97. The van der Waals surface area contributed by atoms with Crippen LogP contribution in [-0.4, -0.2) is 72.8 Å². The van der Waals surface area contributed by atoms with Crippen LogP contribution in [-0.2, 0) is 14.8 Å². The Morgan fingerprint density at radius 3 is 2.06 bits per heavy atom. The Balaban J connectivity index is 1.67. The van der Waals surface area contributed by atoms with Crippen LogP contribution in [0.5, 0.6) is 0 Å². The summed E-state index contributed by atoms with van der Waals surface area (Å²) in [6.07, 6.45) is 2.62. The van der Waals surface area contributed by atoms with Crippen molar-refractivity contribution in [2.45, 2.75) is 50.0 Å². The Bertz CT molecular complexity index is 922. The molecule has 2 fully saturated rings. The summed E-state index contributed by atoms with van der Waals surface area (Å²) in [7, 11) is -4.33. The minimum absolute atomic E-state index is 0.00514. The third-order valence-corrected chi connectivity index (χ3v) is 7.74. The van der Waals surface area contributed by atoms with E-state index >= 15 is 0 Å². The molecule has 2 saturated heterocycles. The van der Waals surface area contributed by atoms with Gasteiger partial charge in [-0.25, -0.2) is 26.9 Å². The van der Waals surface area contributed by atoms with E-state index in [9.17, 15) is 26.8 Å². The predicted molar refractivity (Wildman–Crippen MR) is 109 cm³/mol. The van der Waals surface area contributed by atoms with Crippen LogP contribution in [0.2, 0.25) is 0 Å². The summed E-state index contributed by atoms with van der Waals surface area (Å²) in [5.41, 5.74) is -0.881. The van der Waals surface area contributed by atoms with E-state index in [1.165, 1.54) is 4.90 Å². The number of hydrogen-bond donors (Lipinski definition) is 1. The third kappa shape index (κ3) is 4.44. The quantitative estimate of drug-likeness (QED) is 0.603. The van der Waals surface area contributed by atoms with E-state index in [0.29, 0.717) is 12.8 Å². The van der Waals surface area contributed by atoms with Crippen molar-refractivity contribution in [3.05, 3.63) is 29.8 Å². The molecule has 0 aromatic heterocycles. The van der Waals surface area contributed by atoms with Crippen molar-refractivity contribution in [3.63, 3.8) is 0 Å². The molecule has 1 aromatic carbocycles. The fourth-order valence-corrected chi connectivity index (χ4v) is 5.82. The standard InChI is InChI=1S/C20H28F2N4O4S/c1-3-8-20(9-4-2)18(27)26(19(28)23-20)14-24-10-12-25(13-11-24)31(29,30)17-15(21)6-5-7-16(17)22/h5-7H,3-4,8-14H2,1-2H3,(H,23,28). The number of amides is 3. The van der Waals surface area contributed by atoms with Gasteiger partial charge in [0, 0.05) is 26.2 Å². The van der Waals surface area contributed by atoms with Crippen LogP contribution in [0.3, 0.4) is 0 Å². The van der Waals surface area contributed by atoms with Gasteiger partial charge in [-0.3, -0.25) is 9.69 Å². The van der Waals surface area contributed by atoms with Gasteiger partial charge in [-0.05, 0) is 25.0 Å². The first-order chi connectivity index (χ1) is 14.7. The highest BCUT2D eigenvalue weighted by atomic mass is 32.2. The van der Waals surface area contributed by atoms with E-state index in [0.717, 1.165) is 35.3 Å². The van der Waals surface area contributed by atoms with Crippen molar-refractivity contribution >= 4 is 22.0 Å². The molecule has 0 atom stereocenters. The lowest BCUT2D eigenvalue weighted by Gasteiger charge is -2.35. The van der Waals surface area contributed by atoms with Crippen LogP contribution < -0.4 is 5.32 Å². The number of nitrogens with zero attached hydrogens (tertiary/aromatic N) is 3. The summed E-state index contributed by atoms with van der Waals surface area (Å²) in [6.45, 7) is 4.39. The number of nitrogens with one attached hydrogen (secondary N) is 1. The normalized spacial score (nSPS) is 20.3. The molecular formula is C20H28F2N4O4S. The molecule has 0 radical (unpaired) electrons. The van der Waals surface area contributed by atoms with Crippen molar-refractivity contribution in [2.24, 2.45) is 0 Å². The van der Waals surface area contributed by atoms with Gasteiger partial charge in [-0.2, -0.15) is 4.31 Å². The van der Waals surface area contributed by atoms with Gasteiger partial charge in [0.15, 0.2) is 4.90 Å². The molecule has 0 aliphatic carbocycles. The molecule has 0 spiro atoms. The summed E-state index contributed by atoms with van der Waals surface area (Å²) in [4.78, 5) is 27.5. The second-order valence-electron chi connectivity index (χ2n) is 7.96. The molecule has 2 aliphatic heterocycles. The van der Waals surface area contributed by atoms with Crippen molar-refractivity contribution in [2.75, 3.05) is 32.8 Å². The van der Waals surface area contributed by atoms with Gasteiger partial charge in [-0.1, -0.05) is 32.8 Å². The maximum atomic E-state index is 14.0. The minimum atomic E-state index is -4.33. The van der Waals surface area contributed by atoms with Gasteiger partial charge in [0.2, 0.25) is 10.0 Å². The molecule has 1 aromatic rings. The molecule has 3 amide bonds. The Morgan fingerprint density at radius 2 is 1.55 bits per heavy atom. The number of piperazine rings is 1. The average Bonchev–Trinajstić information content (AvgIpc) is 2.93. The number of benzene rings is 1. The Morgan fingerprint density at radius 1 is 1.00 bits per heavy atom. The molecule has 31 heavy (non-hydrogen) atoms. The first-order valence-electron chi connectivity index (χ1n) is 10.5. The topological polar surface area (TPSA) is 90.0 Å². The third-order valence-electron chi connectivity index (χ3n) is 5.79. The first-order valence-corrected chi connectivity index (χ1v) is 11.9. The van der Waals surface area contributed by atoms with Crippen LogP contribution in [0.1, 0.15) is 39.5 Å². The number of carbonyl (C=O) groups excluding carboxylic acids is 2. The number of rotatable bonds is 8. The minimum Gasteiger partial charge on any atom is -0.323 e. The van der Waals surface area contributed by atoms with Crippen molar-refractivity contribution < 1.29 is 26.8 Å². The van der Waals surface area contributed by atoms with Gasteiger partial charge < -0.3 is 5.32 Å². The maximum absolute atomic E-state index is 14.0. The SMILES string of the molecule is CCCC1(CCC)NC(=O)N(CN2CCN(S(=O)(=O)c3c(F)cccc3F)CC2)C1=O. The van der Waals surface area contributed by atoms with Crippen molar-refractivity contribution in [1.82, 2.24) is 19.4 Å². The number of halogens is 2. The largest absolute Gasteiger partial charge is 0.326 e. The average molecular weight is 459 g/mol. The predicted octanol–water partition coefficient (Wildman–Crippen LogP) is 2.12. The highest BCUT2D eigenvalue weighted by molar-refractivity contribution is 7.89. The van der Waals surface area contributed by atoms with Crippen LogP contribution in [0.15, 0.2) is 23.1 Å². The van der Waals surface area contributed by atoms with Gasteiger partial charge in [0.05, 0.1) is 6.67 Å². The smallest absolute Gasteiger partial charge is 0.323 e. The highest BCUT2D eigenvalue weighted by Crippen LogP contribution is 2.29. The van der Waals surface area contributed by atoms with Gasteiger partial charge >= 0.3 is 6.03 Å². The second kappa shape index (κ2) is 9.17. The van der Waals surface area contributed by atoms with Crippen LogP contribution in [0.4, 0.5) is 13.6 Å². The van der Waals surface area contributed by atoms with E-state index < -0.39 is 38.1 Å². The van der Waals surface area contributed by atoms with E-state index in [4.69, 9.17) is 0 Å². The summed E-state index contributed by atoms with van der Waals surface area (Å²) in [5.74, 6) is -2.53. The monoisotopic (exact) mass is 458 g/mol. The molecule has 0 saturated carbocycles. The number of hydrogen-bond acceptors (Lipinski definition) is 5. The highest BCUT2D eigenvalue weighted by Gasteiger charge is 2.50. The second-order valence-corrected chi connectivity index (χ2v) is 9.83. The molecule has 3 rings (SSSR count). The molecule has 1 N–H and O–H groups in total. The molecule has 8 nitrogen and oxygen atoms in total. The van der Waals surface area contributed by atoms with Gasteiger partial charge in [0.1, 0.15) is 17.2 Å². The zero-order chi connectivity index (χ0) is 22.8. The van der Waals surface area contributed by atoms with Gasteiger partial charge in [0.25, 0.3) is 5.91 Å². The molecule has 172 valence electrons. The molecule has 11 heteroatoms. The Labute approximate surface area is 181 Å². The first kappa shape index (κ1) is 23.6. The van der Waals surface area contributed by atoms with E-state index in [2.05, 4.69) is 5.32 Å². The van der Waals surface area contributed by atoms with E-state index in [1.807, 2.05) is 13.8 Å². The number of urea groups is 1. The van der Waals surface area contributed by atoms with Crippen LogP contribution in [0.25, 0.3) is 0 Å². The summed E-state index contributed by atoms with van der Waals surface area (Å²) >= 11 is 0. The van der Waals surface area contributed by atoms with E-state index in [1.54, 1.807) is 4.90 Å². The number of carbonyl (C=O) groups is 2. The fourth-order valence-electron chi connectivity index (χ4n) is 4.29. The molecule has 0 bridgehead atoms. The number of imide groups is 1. The lowest BCUT2D eigenvalue weighted by atomic mass is 9.89. The summed E-state index contributed by atoms with van der Waals surface area (Å²) in [5, 5.41) is 2.85. The summed E-state index contributed by atoms with van der Waals surface area (Å²) < 4.78 is 54.4. The molecular weight excluding hydrogens is 430 g/mol. The van der Waals surface area contributed by atoms with Crippen LogP contribution in [0, 0.1) is 11.6 Å².